The molecule has 2 rings (SSSR count). The van der Waals surface area contributed by atoms with Crippen LogP contribution in [0.15, 0.2) is 18.2 Å². The topological polar surface area (TPSA) is 64.6 Å². The normalized spacial score (nSPS) is 17.5. The second-order valence-corrected chi connectivity index (χ2v) is 6.69. The first-order valence-corrected chi connectivity index (χ1v) is 8.62. The minimum atomic E-state index is -0.279. The van der Waals surface area contributed by atoms with E-state index in [0.29, 0.717) is 5.02 Å². The van der Waals surface area contributed by atoms with Crippen molar-refractivity contribution < 1.29 is 9.90 Å². The van der Waals surface area contributed by atoms with Gasteiger partial charge in [0.25, 0.3) is 0 Å². The molecule has 3 N–H and O–H groups in total. The van der Waals surface area contributed by atoms with Crippen molar-refractivity contribution in [1.82, 2.24) is 5.32 Å². The number of carbonyl (C=O) groups excluding carboxylic acids is 1. The van der Waals surface area contributed by atoms with E-state index in [-0.39, 0.29) is 24.6 Å². The summed E-state index contributed by atoms with van der Waals surface area (Å²) < 4.78 is 0. The van der Waals surface area contributed by atoms with E-state index in [9.17, 15) is 4.79 Å². The van der Waals surface area contributed by atoms with Crippen molar-refractivity contribution >= 4 is 29.0 Å². The maximum atomic E-state index is 12.2. The quantitative estimate of drug-likeness (QED) is 0.769. The molecular weight excluding hydrogens is 314 g/mol. The van der Waals surface area contributed by atoms with Gasteiger partial charge in [0.2, 0.25) is 0 Å². The van der Waals surface area contributed by atoms with Gasteiger partial charge in [0.1, 0.15) is 0 Å². The smallest absolute Gasteiger partial charge is 0.319 e. The molecule has 2 atom stereocenters. The average molecular weight is 340 g/mol. The SMILES string of the molecule is CC(CO)C(C)NC(=O)Nc1cc(Cl)ccc1N1CCCCC1. The van der Waals surface area contributed by atoms with Crippen LogP contribution >= 0.6 is 11.6 Å². The van der Waals surface area contributed by atoms with E-state index >= 15 is 0 Å². The highest BCUT2D eigenvalue weighted by Gasteiger charge is 2.18. The number of rotatable bonds is 5. The zero-order valence-corrected chi connectivity index (χ0v) is 14.6. The van der Waals surface area contributed by atoms with Crippen molar-refractivity contribution in [2.24, 2.45) is 5.92 Å². The van der Waals surface area contributed by atoms with Crippen LogP contribution in [0.4, 0.5) is 16.2 Å². The second-order valence-electron chi connectivity index (χ2n) is 6.26. The number of amides is 2. The molecule has 1 aliphatic rings. The van der Waals surface area contributed by atoms with Crippen molar-refractivity contribution in [2.75, 3.05) is 29.9 Å². The van der Waals surface area contributed by atoms with Gasteiger partial charge in [-0.3, -0.25) is 0 Å². The third-order valence-corrected chi connectivity index (χ3v) is 4.64. The van der Waals surface area contributed by atoms with Gasteiger partial charge < -0.3 is 20.6 Å². The standard InChI is InChI=1S/C17H26ClN3O2/c1-12(11-22)13(2)19-17(23)20-15-10-14(18)6-7-16(15)21-8-4-3-5-9-21/h6-7,10,12-13,22H,3-5,8-9,11H2,1-2H3,(H2,19,20,23). The lowest BCUT2D eigenvalue weighted by atomic mass is 10.1. The highest BCUT2D eigenvalue weighted by Crippen LogP contribution is 2.31. The summed E-state index contributed by atoms with van der Waals surface area (Å²) >= 11 is 6.09. The number of hydrogen-bond donors (Lipinski definition) is 3. The van der Waals surface area contributed by atoms with Gasteiger partial charge in [-0.2, -0.15) is 0 Å². The Bertz CT molecular complexity index is 533. The van der Waals surface area contributed by atoms with E-state index in [2.05, 4.69) is 15.5 Å². The minimum absolute atomic E-state index is 0.00155. The van der Waals surface area contributed by atoms with Crippen LogP contribution in [0.25, 0.3) is 0 Å². The summed E-state index contributed by atoms with van der Waals surface area (Å²) in [6, 6.07) is 5.20. The Morgan fingerprint density at radius 1 is 1.30 bits per heavy atom. The lowest BCUT2D eigenvalue weighted by Crippen LogP contribution is -2.41. The van der Waals surface area contributed by atoms with E-state index in [1.807, 2.05) is 26.0 Å². The van der Waals surface area contributed by atoms with Gasteiger partial charge in [-0.15, -0.1) is 0 Å². The Morgan fingerprint density at radius 2 is 2.00 bits per heavy atom. The average Bonchev–Trinajstić information content (AvgIpc) is 2.54. The van der Waals surface area contributed by atoms with Crippen LogP contribution in [0.5, 0.6) is 0 Å². The first kappa shape index (κ1) is 17.9. The van der Waals surface area contributed by atoms with Gasteiger partial charge in [-0.1, -0.05) is 18.5 Å². The van der Waals surface area contributed by atoms with Crippen molar-refractivity contribution in [2.45, 2.75) is 39.2 Å². The highest BCUT2D eigenvalue weighted by atomic mass is 35.5. The fourth-order valence-electron chi connectivity index (χ4n) is 2.68. The molecule has 0 radical (unpaired) electrons. The van der Waals surface area contributed by atoms with Crippen LogP contribution in [0, 0.1) is 5.92 Å². The molecule has 0 aliphatic carbocycles. The lowest BCUT2D eigenvalue weighted by Gasteiger charge is -2.31. The predicted octanol–water partition coefficient (Wildman–Crippen LogP) is 3.47. The molecule has 23 heavy (non-hydrogen) atoms. The van der Waals surface area contributed by atoms with Gasteiger partial charge in [-0.25, -0.2) is 4.79 Å². The summed E-state index contributed by atoms with van der Waals surface area (Å²) in [6.45, 7) is 5.80. The molecule has 1 aromatic carbocycles. The van der Waals surface area contributed by atoms with E-state index in [1.165, 1.54) is 19.3 Å². The number of urea groups is 1. The lowest BCUT2D eigenvalue weighted by molar-refractivity contribution is 0.204. The number of halogens is 1. The summed E-state index contributed by atoms with van der Waals surface area (Å²) in [6.07, 6.45) is 3.59. The largest absolute Gasteiger partial charge is 0.396 e. The molecule has 128 valence electrons. The van der Waals surface area contributed by atoms with Crippen LogP contribution < -0.4 is 15.5 Å². The maximum Gasteiger partial charge on any atom is 0.319 e. The molecule has 2 unspecified atom stereocenters. The van der Waals surface area contributed by atoms with Gasteiger partial charge in [0.05, 0.1) is 11.4 Å². The molecule has 0 bridgehead atoms. The Labute approximate surface area is 143 Å². The summed E-state index contributed by atoms with van der Waals surface area (Å²) in [5.41, 5.74) is 1.73. The monoisotopic (exact) mass is 339 g/mol. The van der Waals surface area contributed by atoms with Crippen molar-refractivity contribution in [3.8, 4) is 0 Å². The number of anilines is 2. The van der Waals surface area contributed by atoms with Gasteiger partial charge in [-0.05, 0) is 50.3 Å². The number of piperidine rings is 1. The molecule has 1 aliphatic heterocycles. The van der Waals surface area contributed by atoms with E-state index in [0.717, 1.165) is 24.5 Å². The van der Waals surface area contributed by atoms with Crippen molar-refractivity contribution in [1.29, 1.82) is 0 Å². The van der Waals surface area contributed by atoms with Crippen LogP contribution in [0.1, 0.15) is 33.1 Å². The number of carbonyl (C=O) groups is 1. The Hall–Kier alpha value is -1.46. The predicted molar refractivity (Wildman–Crippen MR) is 95.4 cm³/mol. The molecule has 0 saturated carbocycles. The first-order chi connectivity index (χ1) is 11.0. The number of nitrogens with one attached hydrogen (secondary N) is 2. The van der Waals surface area contributed by atoms with Crippen LogP contribution in [0.3, 0.4) is 0 Å². The van der Waals surface area contributed by atoms with E-state index in [1.54, 1.807) is 6.07 Å². The second kappa shape index (κ2) is 8.41. The summed E-state index contributed by atoms with van der Waals surface area (Å²) in [5.74, 6) is 0.00155. The van der Waals surface area contributed by atoms with Crippen LogP contribution in [-0.4, -0.2) is 36.9 Å². The van der Waals surface area contributed by atoms with Crippen molar-refractivity contribution in [3.63, 3.8) is 0 Å². The number of benzene rings is 1. The number of aliphatic hydroxyl groups excluding tert-OH is 1. The van der Waals surface area contributed by atoms with E-state index in [4.69, 9.17) is 16.7 Å². The molecule has 0 aromatic heterocycles. The Kier molecular flexibility index (Phi) is 6.54. The molecule has 2 amide bonds. The maximum absolute atomic E-state index is 12.2. The molecule has 0 spiro atoms. The fourth-order valence-corrected chi connectivity index (χ4v) is 2.86. The molecule has 1 aromatic rings. The van der Waals surface area contributed by atoms with Gasteiger partial charge >= 0.3 is 6.03 Å². The minimum Gasteiger partial charge on any atom is -0.396 e. The summed E-state index contributed by atoms with van der Waals surface area (Å²) in [7, 11) is 0. The van der Waals surface area contributed by atoms with Crippen LogP contribution in [-0.2, 0) is 0 Å². The third kappa shape index (κ3) is 5.01. The molecule has 1 saturated heterocycles. The van der Waals surface area contributed by atoms with Crippen molar-refractivity contribution in [3.05, 3.63) is 23.2 Å². The number of hydrogen-bond acceptors (Lipinski definition) is 3. The fraction of sp³-hybridized carbons (Fsp3) is 0.588. The van der Waals surface area contributed by atoms with Gasteiger partial charge in [0.15, 0.2) is 0 Å². The summed E-state index contributed by atoms with van der Waals surface area (Å²) in [4.78, 5) is 14.5. The molecule has 1 heterocycles. The summed E-state index contributed by atoms with van der Waals surface area (Å²) in [5, 5.41) is 15.5. The van der Waals surface area contributed by atoms with E-state index < -0.39 is 0 Å². The number of nitrogens with zero attached hydrogens (tertiary/aromatic N) is 1. The Balaban J connectivity index is 2.08. The zero-order valence-electron chi connectivity index (χ0n) is 13.8. The Morgan fingerprint density at radius 3 is 2.65 bits per heavy atom. The molecule has 1 fully saturated rings. The highest BCUT2D eigenvalue weighted by molar-refractivity contribution is 6.31. The third-order valence-electron chi connectivity index (χ3n) is 4.40. The number of aliphatic hydroxyl groups is 1. The van der Waals surface area contributed by atoms with Crippen LogP contribution in [0.2, 0.25) is 5.02 Å². The van der Waals surface area contributed by atoms with Gasteiger partial charge in [0, 0.05) is 30.8 Å². The first-order valence-electron chi connectivity index (χ1n) is 8.24. The molecule has 6 heteroatoms. The zero-order chi connectivity index (χ0) is 16.8. The molecular formula is C17H26ClN3O2. The molecule has 5 nitrogen and oxygen atoms in total.